The van der Waals surface area contributed by atoms with Crippen molar-refractivity contribution in [3.8, 4) is 101 Å². The van der Waals surface area contributed by atoms with Crippen molar-refractivity contribution in [3.63, 3.8) is 0 Å². The van der Waals surface area contributed by atoms with E-state index in [1.807, 2.05) is 42.5 Å². The zero-order chi connectivity index (χ0) is 65.2. The summed E-state index contributed by atoms with van der Waals surface area (Å²) in [6.07, 6.45) is 1.79. The van der Waals surface area contributed by atoms with Crippen molar-refractivity contribution in [1.29, 1.82) is 0 Å². The first-order valence-corrected chi connectivity index (χ1v) is 29.2. The molecule has 4 heterocycles. The Balaban J connectivity index is 0.000000460. The van der Waals surface area contributed by atoms with Gasteiger partial charge in [0.15, 0.2) is 0 Å². The minimum Gasteiger partial charge on any atom is -0.309 e. The van der Waals surface area contributed by atoms with Crippen LogP contribution in [0.25, 0.3) is 144 Å². The van der Waals surface area contributed by atoms with Gasteiger partial charge in [-0.05, 0) is 152 Å². The number of aromatic nitrogens is 4. The third-order valence-corrected chi connectivity index (χ3v) is 16.3. The van der Waals surface area contributed by atoms with Gasteiger partial charge in [-0.3, -0.25) is 0 Å². The number of hydrogen-bond donors (Lipinski definition) is 0. The second-order valence-electron chi connectivity index (χ2n) is 21.6. The molecule has 0 spiro atoms. The molecule has 16 aromatic rings. The van der Waals surface area contributed by atoms with Crippen molar-refractivity contribution in [2.75, 3.05) is 0 Å². The smallest absolute Gasteiger partial charge is 0.0716 e. The molecule has 425 valence electrons. The van der Waals surface area contributed by atoms with Gasteiger partial charge in [0.25, 0.3) is 0 Å². The van der Waals surface area contributed by atoms with Crippen LogP contribution in [0.3, 0.4) is 0 Å². The molecular weight excluding hydrogens is 1230 g/mol. The van der Waals surface area contributed by atoms with Crippen LogP contribution in [0.2, 0.25) is 0 Å². The maximum atomic E-state index is 5.56. The minimum atomic E-state index is 0. The Morgan fingerprint density at radius 2 is 0.632 bits per heavy atom. The summed E-state index contributed by atoms with van der Waals surface area (Å²) in [4.78, 5) is 9.77. The van der Waals surface area contributed by atoms with Gasteiger partial charge in [0.05, 0.1) is 33.5 Å². The van der Waals surface area contributed by atoms with E-state index in [9.17, 15) is 0 Å². The van der Waals surface area contributed by atoms with Crippen LogP contribution in [0.1, 0.15) is 14.7 Å². The molecule has 0 aliphatic rings. The number of benzene rings is 12. The number of nitrogens with zero attached hydrogens (tertiary/aromatic N) is 4. The van der Waals surface area contributed by atoms with Crippen LogP contribution in [-0.4, -0.2) is 19.1 Å². The molecule has 87 heavy (non-hydrogen) atoms. The molecule has 0 fully saturated rings. The van der Waals surface area contributed by atoms with Gasteiger partial charge in [0.2, 0.25) is 0 Å². The Bertz CT molecular complexity index is 4620. The first-order valence-electron chi connectivity index (χ1n) is 33.2. The van der Waals surface area contributed by atoms with E-state index in [-0.39, 0.29) is 23.0 Å². The SMILES string of the molecule is [2HH].[2H][2H].[2H][2H].[3HH].[3H][3H].[3H][3H].[Ir].[c-]1ccccc1-c1ccccn1.c1ccc(-c2cc(-c3cccc(-n4c5ccc(-c6ccccc6)cc5c5cc(-c6ccccc6)ccc54)c3)nc(-c3cccc(-n4c5ccc(-c6ccccc6)cc5c5cc(-c6ccccc6)ccc54)c3)c2)cc1. The van der Waals surface area contributed by atoms with Gasteiger partial charge in [-0.1, -0.05) is 212 Å². The Labute approximate surface area is 535 Å². The van der Waals surface area contributed by atoms with E-state index in [4.69, 9.17) is 16.9 Å². The fourth-order valence-corrected chi connectivity index (χ4v) is 12.2. The second kappa shape index (κ2) is 24.0. The Kier molecular flexibility index (Phi) is 13.7. The Morgan fingerprint density at radius 1 is 0.287 bits per heavy atom. The van der Waals surface area contributed by atoms with Gasteiger partial charge in [-0.15, -0.1) is 35.9 Å². The molecule has 12 aromatic carbocycles. The van der Waals surface area contributed by atoms with Crippen LogP contribution < -0.4 is 0 Å². The summed E-state index contributed by atoms with van der Waals surface area (Å²) in [5.41, 5.74) is 24.5. The molecule has 0 aliphatic carbocycles. The van der Waals surface area contributed by atoms with E-state index in [1.165, 1.54) is 66.1 Å². The third kappa shape index (κ3) is 10.8. The quantitative estimate of drug-likeness (QED) is 0.128. The molecular formula is C82H67IrN4-. The van der Waals surface area contributed by atoms with Crippen LogP contribution >= 0.6 is 0 Å². The zero-order valence-corrected chi connectivity index (χ0v) is 49.8. The first-order chi connectivity index (χ1) is 46.6. The van der Waals surface area contributed by atoms with Gasteiger partial charge in [-0.2, -0.15) is 0 Å². The molecule has 0 bridgehead atoms. The number of pyridine rings is 2. The van der Waals surface area contributed by atoms with Gasteiger partial charge in [-0.25, -0.2) is 4.98 Å². The predicted octanol–water partition coefficient (Wildman–Crippen LogP) is 23.0. The van der Waals surface area contributed by atoms with Crippen molar-refractivity contribution >= 4 is 43.6 Å². The predicted molar refractivity (Wildman–Crippen MR) is 372 cm³/mol. The van der Waals surface area contributed by atoms with Crippen molar-refractivity contribution in [3.05, 3.63) is 340 Å². The molecule has 0 saturated carbocycles. The summed E-state index contributed by atoms with van der Waals surface area (Å²) in [6.45, 7) is 0. The van der Waals surface area contributed by atoms with Gasteiger partial charge in [0, 0.05) is 85.1 Å². The molecule has 5 heteroatoms. The van der Waals surface area contributed by atoms with Gasteiger partial charge in [0.1, 0.15) is 0 Å². The van der Waals surface area contributed by atoms with E-state index in [1.54, 1.807) is 6.20 Å². The van der Waals surface area contributed by atoms with E-state index in [0.29, 0.717) is 0 Å². The van der Waals surface area contributed by atoms with Gasteiger partial charge >= 0.3 is 0 Å². The molecule has 0 saturated heterocycles. The van der Waals surface area contributed by atoms with Crippen LogP contribution in [0.5, 0.6) is 0 Å². The summed E-state index contributed by atoms with van der Waals surface area (Å²) in [7, 11) is 0. The van der Waals surface area contributed by atoms with Crippen molar-refractivity contribution < 1.29 is 34.8 Å². The van der Waals surface area contributed by atoms with Crippen molar-refractivity contribution in [1.82, 2.24) is 19.1 Å². The van der Waals surface area contributed by atoms with Crippen LogP contribution in [-0.2, 0) is 20.1 Å². The molecule has 1 radical (unpaired) electrons. The largest absolute Gasteiger partial charge is 0.309 e. The molecule has 4 nitrogen and oxygen atoms in total. The normalized spacial score (nSPS) is 11.5. The van der Waals surface area contributed by atoms with Crippen molar-refractivity contribution in [2.45, 2.75) is 0 Å². The van der Waals surface area contributed by atoms with Crippen LogP contribution in [0.15, 0.2) is 334 Å². The molecule has 0 amide bonds. The summed E-state index contributed by atoms with van der Waals surface area (Å²) in [5, 5.41) is 4.86. The van der Waals surface area contributed by atoms with Crippen LogP contribution in [0, 0.1) is 6.07 Å². The average molecular weight is 1320 g/mol. The van der Waals surface area contributed by atoms with Crippen LogP contribution in [0.4, 0.5) is 0 Å². The molecule has 4 aromatic heterocycles. The third-order valence-electron chi connectivity index (χ3n) is 16.3. The molecule has 0 N–H and O–H groups in total. The van der Waals surface area contributed by atoms with E-state index >= 15 is 0 Å². The Morgan fingerprint density at radius 3 is 0.977 bits per heavy atom. The number of hydrogen-bond acceptors (Lipinski definition) is 2. The maximum absolute atomic E-state index is 5.56. The standard InChI is InChI=1S/C71H47N3.C11H8N.Ir.6H2/c1-6-18-48(19-7-1)53-32-36-68-62(42-53)63-43-54(49-20-8-2-9-21-49)33-37-69(63)73(68)60-30-16-28-57(40-60)66-46-59(52-26-14-5-15-27-52)47-67(72-66)58-29-17-31-61(41-58)74-70-38-34-55(50-22-10-3-11-23-50)44-64(70)65-45-56(35-39-71(65)74)51-24-12-4-13-25-51;1-2-6-10(7-3-1)11-8-4-5-9-12-11;;;;;;;/h1-47H;1-6,8-9H;;6*1H/q;-1;;;;;;;/i;;;2*1+2T;1+2;2*1+1D;1+1. The minimum absolute atomic E-state index is 0. The Hall–Kier alpha value is -10.8. The summed E-state index contributed by atoms with van der Waals surface area (Å²) < 4.78 is 44.8. The monoisotopic (exact) mass is 1320 g/mol. The fraction of sp³-hybridized carbons (Fsp3) is 0. The maximum Gasteiger partial charge on any atom is 0.0716 e. The number of fused-ring (bicyclic) bond motifs is 6. The molecule has 0 unspecified atom stereocenters. The van der Waals surface area contributed by atoms with Crippen molar-refractivity contribution in [2.24, 2.45) is 0 Å². The first kappa shape index (κ1) is 49.6. The zero-order valence-electron chi connectivity index (χ0n) is 55.4. The molecule has 0 atom stereocenters. The molecule has 16 rings (SSSR count). The molecule has 0 aliphatic heterocycles. The average Bonchev–Trinajstić information content (AvgIpc) is 1.52. The topological polar surface area (TPSA) is 35.6 Å². The number of rotatable bonds is 10. The van der Waals surface area contributed by atoms with E-state index in [2.05, 4.69) is 305 Å². The fourth-order valence-electron chi connectivity index (χ4n) is 12.2. The van der Waals surface area contributed by atoms with Gasteiger partial charge < -0.3 is 14.1 Å². The summed E-state index contributed by atoms with van der Waals surface area (Å²) in [6, 6.07) is 120. The van der Waals surface area contributed by atoms with E-state index < -0.39 is 0 Å². The summed E-state index contributed by atoms with van der Waals surface area (Å²) >= 11 is 0. The van der Waals surface area contributed by atoms with E-state index in [0.717, 1.165) is 78.3 Å². The summed E-state index contributed by atoms with van der Waals surface area (Å²) in [5.74, 6) is 0. The second-order valence-corrected chi connectivity index (χ2v) is 21.6.